The molecular weight excluding hydrogens is 747 g/mol. The number of rotatable bonds is 7. The van der Waals surface area contributed by atoms with Crippen molar-refractivity contribution in [1.82, 2.24) is 14.4 Å². The van der Waals surface area contributed by atoms with E-state index < -0.39 is 0 Å². The van der Waals surface area contributed by atoms with Crippen molar-refractivity contribution in [2.75, 3.05) is 0 Å². The molecule has 0 unspecified atom stereocenters. The molecule has 4 aromatic carbocycles. The zero-order valence-electron chi connectivity index (χ0n) is 27.1. The van der Waals surface area contributed by atoms with E-state index in [9.17, 15) is 9.90 Å². The molecule has 0 saturated heterocycles. The number of aromatic nitrogens is 3. The molecule has 3 heterocycles. The van der Waals surface area contributed by atoms with E-state index in [0.717, 1.165) is 85.8 Å². The van der Waals surface area contributed by atoms with E-state index >= 15 is 0 Å². The minimum absolute atomic E-state index is 0. The minimum Gasteiger partial charge on any atom is -0.512 e. The number of allylic oxidation sites excluding steroid dienone is 2. The van der Waals surface area contributed by atoms with Crippen LogP contribution < -0.4 is 0 Å². The molecule has 0 fully saturated rings. The van der Waals surface area contributed by atoms with Gasteiger partial charge in [-0.05, 0) is 61.8 Å². The maximum atomic E-state index is 11.7. The fraction of sp³-hybridized carbons (Fsp3) is 0.275. The zero-order chi connectivity index (χ0) is 31.7. The van der Waals surface area contributed by atoms with Crippen LogP contribution in [0.3, 0.4) is 0 Å². The Kier molecular flexibility index (Phi) is 10.2. The van der Waals surface area contributed by atoms with Crippen LogP contribution in [0.2, 0.25) is 0 Å². The Hall–Kier alpha value is -4.12. The SMILES string of the molecule is CCC(CC)C(=O)/C=C(\O)C(CC)CC.Cc1cccc2c1nc1c3cc4ccccc4[c-]c3c3nc4ccccc4cc3n21.[Ir]. The number of aliphatic hydroxyl groups is 1. The topological polar surface area (TPSA) is 67.5 Å². The molecule has 1 radical (unpaired) electrons. The van der Waals surface area contributed by atoms with Gasteiger partial charge in [0.15, 0.2) is 5.78 Å². The number of carbonyl (C=O) groups is 1. The van der Waals surface area contributed by atoms with Gasteiger partial charge in [-0.25, -0.2) is 4.98 Å². The third-order valence-corrected chi connectivity index (χ3v) is 9.18. The first-order valence-electron chi connectivity index (χ1n) is 16.2. The maximum Gasteiger partial charge on any atom is 0.162 e. The van der Waals surface area contributed by atoms with Gasteiger partial charge < -0.3 is 9.51 Å². The summed E-state index contributed by atoms with van der Waals surface area (Å²) in [7, 11) is 0. The second kappa shape index (κ2) is 14.1. The molecule has 5 nitrogen and oxygen atoms in total. The van der Waals surface area contributed by atoms with Crippen molar-refractivity contribution in [2.24, 2.45) is 11.8 Å². The molecule has 0 atom stereocenters. The van der Waals surface area contributed by atoms with E-state index in [-0.39, 0.29) is 43.5 Å². The zero-order valence-corrected chi connectivity index (χ0v) is 29.5. The fourth-order valence-corrected chi connectivity index (χ4v) is 6.43. The number of hydrogen-bond acceptors (Lipinski definition) is 4. The van der Waals surface area contributed by atoms with Crippen molar-refractivity contribution < 1.29 is 30.0 Å². The molecule has 0 bridgehead atoms. The normalized spacial score (nSPS) is 12.0. The Bertz CT molecular complexity index is 2230. The largest absolute Gasteiger partial charge is 0.512 e. The molecule has 1 N–H and O–H groups in total. The van der Waals surface area contributed by atoms with E-state index in [1.54, 1.807) is 0 Å². The van der Waals surface area contributed by atoms with Crippen molar-refractivity contribution in [3.8, 4) is 0 Å². The van der Waals surface area contributed by atoms with Gasteiger partial charge in [0.05, 0.1) is 22.3 Å². The molecule has 7 rings (SSSR count). The van der Waals surface area contributed by atoms with Crippen molar-refractivity contribution in [1.29, 1.82) is 0 Å². The Morgan fingerprint density at radius 1 is 0.804 bits per heavy atom. The molecule has 0 saturated carbocycles. The Morgan fingerprint density at radius 3 is 2.20 bits per heavy atom. The molecule has 0 aliphatic carbocycles. The predicted octanol–water partition coefficient (Wildman–Crippen LogP) is 10.5. The molecular formula is C40H40IrN3O2-. The molecule has 0 aliphatic heterocycles. The number of benzene rings is 4. The summed E-state index contributed by atoms with van der Waals surface area (Å²) in [6.07, 6.45) is 4.91. The van der Waals surface area contributed by atoms with Gasteiger partial charge in [0, 0.05) is 54.4 Å². The van der Waals surface area contributed by atoms with Crippen molar-refractivity contribution in [3.63, 3.8) is 0 Å². The third-order valence-electron chi connectivity index (χ3n) is 9.18. The first-order chi connectivity index (χ1) is 21.9. The van der Waals surface area contributed by atoms with Gasteiger partial charge in [-0.1, -0.05) is 87.0 Å². The van der Waals surface area contributed by atoms with Crippen LogP contribution in [-0.2, 0) is 24.9 Å². The van der Waals surface area contributed by atoms with E-state index in [1.807, 2.05) is 33.8 Å². The van der Waals surface area contributed by atoms with Crippen LogP contribution in [0.4, 0.5) is 0 Å². The van der Waals surface area contributed by atoms with Crippen molar-refractivity contribution in [3.05, 3.63) is 102 Å². The molecule has 6 heteroatoms. The molecule has 0 amide bonds. The molecule has 237 valence electrons. The second-order valence-electron chi connectivity index (χ2n) is 11.9. The van der Waals surface area contributed by atoms with Crippen molar-refractivity contribution in [2.45, 2.75) is 60.3 Å². The fourth-order valence-electron chi connectivity index (χ4n) is 6.43. The summed E-state index contributed by atoms with van der Waals surface area (Å²) in [5.41, 5.74) is 7.30. The second-order valence-corrected chi connectivity index (χ2v) is 11.9. The van der Waals surface area contributed by atoms with E-state index in [1.165, 1.54) is 11.6 Å². The Labute approximate surface area is 283 Å². The summed E-state index contributed by atoms with van der Waals surface area (Å²) in [5.74, 6) is 0.547. The van der Waals surface area contributed by atoms with Gasteiger partial charge in [-0.2, -0.15) is 0 Å². The van der Waals surface area contributed by atoms with Crippen LogP contribution in [0.1, 0.15) is 58.9 Å². The van der Waals surface area contributed by atoms with E-state index in [4.69, 9.17) is 9.97 Å². The summed E-state index contributed by atoms with van der Waals surface area (Å²) < 4.78 is 2.27. The number of carbonyl (C=O) groups excluding carboxylic acids is 1. The first-order valence-corrected chi connectivity index (χ1v) is 16.2. The third kappa shape index (κ3) is 6.04. The van der Waals surface area contributed by atoms with Crippen LogP contribution in [0.25, 0.3) is 60.2 Å². The molecule has 3 aromatic heterocycles. The summed E-state index contributed by atoms with van der Waals surface area (Å²) >= 11 is 0. The quantitative estimate of drug-likeness (QED) is 0.0575. The van der Waals surface area contributed by atoms with Gasteiger partial charge in [0.25, 0.3) is 0 Å². The molecule has 7 aromatic rings. The predicted molar refractivity (Wildman–Crippen MR) is 188 cm³/mol. The number of pyridine rings is 2. The molecule has 46 heavy (non-hydrogen) atoms. The van der Waals surface area contributed by atoms with Crippen LogP contribution in [0.5, 0.6) is 0 Å². The average molecular weight is 787 g/mol. The van der Waals surface area contributed by atoms with Gasteiger partial charge in [0.2, 0.25) is 0 Å². The average Bonchev–Trinajstić information content (AvgIpc) is 3.46. The first kappa shape index (κ1) is 33.2. The van der Waals surface area contributed by atoms with Gasteiger partial charge in [-0.3, -0.25) is 9.78 Å². The summed E-state index contributed by atoms with van der Waals surface area (Å²) in [6, 6.07) is 31.1. The summed E-state index contributed by atoms with van der Waals surface area (Å²) in [6.45, 7) is 10.2. The Morgan fingerprint density at radius 2 is 1.48 bits per heavy atom. The van der Waals surface area contributed by atoms with Gasteiger partial charge in [-0.15, -0.1) is 23.6 Å². The number of hydrogen-bond donors (Lipinski definition) is 1. The maximum absolute atomic E-state index is 11.7. The van der Waals surface area contributed by atoms with Crippen LogP contribution in [-0.4, -0.2) is 25.3 Å². The number of fused-ring (bicyclic) bond motifs is 10. The van der Waals surface area contributed by atoms with Crippen LogP contribution in [0.15, 0.2) is 90.7 Å². The molecule has 0 aliphatic rings. The minimum atomic E-state index is 0. The van der Waals surface area contributed by atoms with Gasteiger partial charge in [0.1, 0.15) is 5.65 Å². The van der Waals surface area contributed by atoms with Crippen LogP contribution in [0, 0.1) is 24.8 Å². The number of aliphatic hydroxyl groups excluding tert-OH is 1. The standard InChI is InChI=1S/C27H16N3.C13H24O2.Ir/c1-16-7-6-12-23-25(16)29-27-21-14-18-9-3-2-8-17(18)13-20(21)26-24(30(23)27)15-19-10-4-5-11-22(19)28-26;1-5-10(6-2)12(14)9-13(15)11(7-3)8-4;/h2-12,14-15H,1H3;9-11,14H,5-8H2,1-4H3;/q-1;;/b;12-9-;. The monoisotopic (exact) mass is 787 g/mol. The molecule has 0 spiro atoms. The number of para-hydroxylation sites is 2. The number of nitrogens with zero attached hydrogens (tertiary/aromatic N) is 3. The van der Waals surface area contributed by atoms with E-state index in [0.29, 0.717) is 0 Å². The summed E-state index contributed by atoms with van der Waals surface area (Å²) in [5, 5.41) is 15.2. The number of imidazole rings is 1. The number of ketones is 1. The van der Waals surface area contributed by atoms with Crippen molar-refractivity contribution >= 4 is 65.9 Å². The van der Waals surface area contributed by atoms with Crippen LogP contribution >= 0.6 is 0 Å². The Balaban J connectivity index is 0.000000225. The number of aryl methyl sites for hydroxylation is 1. The summed E-state index contributed by atoms with van der Waals surface area (Å²) in [4.78, 5) is 21.9. The van der Waals surface area contributed by atoms with E-state index in [2.05, 4.69) is 90.2 Å². The smallest absolute Gasteiger partial charge is 0.162 e. The van der Waals surface area contributed by atoms with Gasteiger partial charge >= 0.3 is 0 Å².